The minimum absolute atomic E-state index is 0. The second-order valence-corrected chi connectivity index (χ2v) is 18.3. The van der Waals surface area contributed by atoms with Gasteiger partial charge < -0.3 is 14.4 Å². The van der Waals surface area contributed by atoms with Gasteiger partial charge in [0.15, 0.2) is 0 Å². The number of hydrogen-bond donors (Lipinski definition) is 0. The first-order valence-corrected chi connectivity index (χ1v) is 23.6. The maximum absolute atomic E-state index is 5.21. The summed E-state index contributed by atoms with van der Waals surface area (Å²) in [5.74, 6) is 0.834. The molecule has 0 amide bonds. The number of fused-ring (bicyclic) bond motifs is 7. The summed E-state index contributed by atoms with van der Waals surface area (Å²) >= 11 is 0. The van der Waals surface area contributed by atoms with Gasteiger partial charge in [0.25, 0.3) is 0 Å². The zero-order valence-corrected chi connectivity index (χ0v) is 40.5. The van der Waals surface area contributed by atoms with Crippen molar-refractivity contribution in [3.63, 3.8) is 0 Å². The van der Waals surface area contributed by atoms with E-state index in [9.17, 15) is 0 Å². The molecule has 11 aromatic rings. The third-order valence-electron chi connectivity index (χ3n) is 14.3. The van der Waals surface area contributed by atoms with Gasteiger partial charge in [-0.15, -0.1) is 22.6 Å². The monoisotopic (exact) mass is 1070 g/mol. The van der Waals surface area contributed by atoms with Gasteiger partial charge in [-0.2, -0.15) is 36.4 Å². The summed E-state index contributed by atoms with van der Waals surface area (Å²) in [4.78, 5) is 10.1. The van der Waals surface area contributed by atoms with Crippen LogP contribution in [0.15, 0.2) is 225 Å². The predicted octanol–water partition coefficient (Wildman–Crippen LogP) is 15.5. The van der Waals surface area contributed by atoms with Crippen LogP contribution < -0.4 is 9.80 Å². The predicted molar refractivity (Wildman–Crippen MR) is 281 cm³/mol. The molecule has 1 aliphatic carbocycles. The first-order valence-electron chi connectivity index (χ1n) is 23.6. The summed E-state index contributed by atoms with van der Waals surface area (Å²) in [5, 5.41) is 2.28. The van der Waals surface area contributed by atoms with Gasteiger partial charge >= 0.3 is 21.1 Å². The van der Waals surface area contributed by atoms with Gasteiger partial charge in [-0.3, -0.25) is 0 Å². The van der Waals surface area contributed by atoms with E-state index in [1.165, 1.54) is 61.4 Å². The second-order valence-electron chi connectivity index (χ2n) is 18.3. The number of benzene rings is 9. The molecule has 1 aliphatic heterocycles. The summed E-state index contributed by atoms with van der Waals surface area (Å²) in [6, 6.07) is 87.8. The minimum Gasteiger partial charge on any atom is -0.349 e. The summed E-state index contributed by atoms with van der Waals surface area (Å²) in [7, 11) is 0. The Morgan fingerprint density at radius 1 is 0.493 bits per heavy atom. The summed E-state index contributed by atoms with van der Waals surface area (Å²) in [5.41, 5.74) is 18.8. The van der Waals surface area contributed by atoms with Crippen molar-refractivity contribution in [2.75, 3.05) is 16.5 Å². The third-order valence-corrected chi connectivity index (χ3v) is 14.3. The van der Waals surface area contributed by atoms with Gasteiger partial charge in [0.2, 0.25) is 0 Å². The zero-order valence-electron chi connectivity index (χ0n) is 38.3. The Balaban J connectivity index is 0.00000492. The molecule has 2 aliphatic rings. The van der Waals surface area contributed by atoms with E-state index in [1.54, 1.807) is 0 Å². The minimum atomic E-state index is -0.732. The Morgan fingerprint density at radius 2 is 1.07 bits per heavy atom. The van der Waals surface area contributed by atoms with Crippen molar-refractivity contribution >= 4 is 38.9 Å². The Bertz CT molecular complexity index is 3620. The normalized spacial score (nSPS) is 13.4. The number of aromatic nitrogens is 2. The van der Waals surface area contributed by atoms with Gasteiger partial charge in [0.05, 0.1) is 18.0 Å². The summed E-state index contributed by atoms with van der Waals surface area (Å²) in [6.45, 7) is 5.29. The number of pyridine rings is 1. The molecule has 0 unspecified atom stereocenters. The maximum Gasteiger partial charge on any atom is 2.00 e. The van der Waals surface area contributed by atoms with E-state index in [1.807, 2.05) is 6.20 Å². The number of rotatable bonds is 8. The molecular formula is C64H46N4Pt. The topological polar surface area (TPSA) is 24.3 Å². The molecule has 0 atom stereocenters. The molecule has 0 N–H and O–H groups in total. The van der Waals surface area contributed by atoms with E-state index in [2.05, 4.69) is 259 Å². The molecule has 13 rings (SSSR count). The van der Waals surface area contributed by atoms with Crippen molar-refractivity contribution in [2.45, 2.75) is 25.3 Å². The molecule has 332 valence electrons. The first-order chi connectivity index (χ1) is 33.6. The smallest absolute Gasteiger partial charge is 0.349 e. The number of para-hydroxylation sites is 3. The largest absolute Gasteiger partial charge is 2.00 e. The van der Waals surface area contributed by atoms with Crippen LogP contribution >= 0.6 is 0 Å². The Labute approximate surface area is 418 Å². The number of nitrogens with zero attached hydrogens (tertiary/aromatic N) is 4. The van der Waals surface area contributed by atoms with E-state index < -0.39 is 5.41 Å². The molecule has 9 aromatic carbocycles. The molecule has 0 fully saturated rings. The SMILES string of the molecule is CC(C)N1CN(c2[c-]c(C3(c4[c-]c5c(cc4)c4ccccc4n5-c4cc(-c5c(-c6ccccc6)cccc5-c5ccccc5)ccn4)c4ccccc4-c4ccccc43)ccc2)c2ccccc21.[Pt+2]. The van der Waals surface area contributed by atoms with Crippen molar-refractivity contribution in [3.8, 4) is 50.3 Å². The van der Waals surface area contributed by atoms with E-state index in [0.29, 0.717) is 6.04 Å². The molecule has 0 saturated heterocycles. The van der Waals surface area contributed by atoms with Crippen molar-refractivity contribution in [3.05, 3.63) is 259 Å². The van der Waals surface area contributed by atoms with Crippen LogP contribution in [0.25, 0.3) is 72.1 Å². The maximum atomic E-state index is 5.21. The molecule has 69 heavy (non-hydrogen) atoms. The molecule has 4 nitrogen and oxygen atoms in total. The van der Waals surface area contributed by atoms with Gasteiger partial charge in [0, 0.05) is 23.2 Å². The van der Waals surface area contributed by atoms with Crippen LogP contribution in [-0.2, 0) is 26.5 Å². The van der Waals surface area contributed by atoms with Gasteiger partial charge in [-0.1, -0.05) is 169 Å². The average molecular weight is 1070 g/mol. The van der Waals surface area contributed by atoms with Crippen LogP contribution in [0.5, 0.6) is 0 Å². The van der Waals surface area contributed by atoms with Gasteiger partial charge in [0.1, 0.15) is 5.82 Å². The molecule has 0 bridgehead atoms. The van der Waals surface area contributed by atoms with Crippen molar-refractivity contribution < 1.29 is 21.1 Å². The molecule has 3 heterocycles. The fourth-order valence-electron chi connectivity index (χ4n) is 11.3. The number of anilines is 3. The van der Waals surface area contributed by atoms with Crippen LogP contribution in [0.1, 0.15) is 36.1 Å². The third kappa shape index (κ3) is 6.65. The van der Waals surface area contributed by atoms with Gasteiger partial charge in [-0.05, 0) is 105 Å². The Hall–Kier alpha value is -7.78. The Kier molecular flexibility index (Phi) is 10.5. The van der Waals surface area contributed by atoms with Crippen LogP contribution in [0, 0.1) is 12.1 Å². The van der Waals surface area contributed by atoms with E-state index in [0.717, 1.165) is 56.7 Å². The van der Waals surface area contributed by atoms with Crippen LogP contribution in [-0.4, -0.2) is 22.3 Å². The van der Waals surface area contributed by atoms with Crippen molar-refractivity contribution in [2.24, 2.45) is 0 Å². The van der Waals surface area contributed by atoms with E-state index in [-0.39, 0.29) is 21.1 Å². The van der Waals surface area contributed by atoms with Crippen molar-refractivity contribution in [1.29, 1.82) is 0 Å². The van der Waals surface area contributed by atoms with E-state index in [4.69, 9.17) is 4.98 Å². The number of hydrogen-bond acceptors (Lipinski definition) is 3. The first kappa shape index (κ1) is 42.6. The average Bonchev–Trinajstić information content (AvgIpc) is 4.06. The van der Waals surface area contributed by atoms with Crippen LogP contribution in [0.4, 0.5) is 17.1 Å². The van der Waals surface area contributed by atoms with Crippen molar-refractivity contribution in [1.82, 2.24) is 9.55 Å². The molecule has 0 saturated carbocycles. The fourth-order valence-corrected chi connectivity index (χ4v) is 11.3. The molecule has 2 aromatic heterocycles. The van der Waals surface area contributed by atoms with Gasteiger partial charge in [-0.25, -0.2) is 4.98 Å². The standard InChI is InChI=1S/C64H46N4.Pt/c1-43(2)66-42-67(60-34-16-15-33-59(60)66)49-24-17-23-47(40-49)64(56-30-12-9-25-52(56)53-26-10-13-31-57(53)64)48-35-36-55-54-27-11-14-32-58(54)68(61(55)41-48)62-39-46(37-38-65-62)63-50(44-19-5-3-6-20-44)28-18-29-51(63)45-21-7-4-8-22-45;/h3-39,43H,42H2,1-2H3;/q-2;+2. The summed E-state index contributed by atoms with van der Waals surface area (Å²) in [6.07, 6.45) is 1.97. The molecule has 5 heteroatoms. The second kappa shape index (κ2) is 17.1. The molecule has 0 spiro atoms. The van der Waals surface area contributed by atoms with Crippen LogP contribution in [0.2, 0.25) is 0 Å². The van der Waals surface area contributed by atoms with Crippen LogP contribution in [0.3, 0.4) is 0 Å². The fraction of sp³-hybridized carbons (Fsp3) is 0.0781. The zero-order chi connectivity index (χ0) is 45.3. The Morgan fingerprint density at radius 3 is 1.77 bits per heavy atom. The summed E-state index contributed by atoms with van der Waals surface area (Å²) < 4.78 is 2.33. The molecule has 0 radical (unpaired) electrons. The van der Waals surface area contributed by atoms with E-state index >= 15 is 0 Å². The molecular weight excluding hydrogens is 1020 g/mol. The quantitative estimate of drug-likeness (QED) is 0.142.